The van der Waals surface area contributed by atoms with Crippen molar-refractivity contribution in [3.63, 3.8) is 0 Å². The molecule has 1 aromatic heterocycles. The van der Waals surface area contributed by atoms with Crippen molar-refractivity contribution in [2.24, 2.45) is 0 Å². The topological polar surface area (TPSA) is 95.2 Å². The molecular formula is C13H16N4O3S. The third-order valence-electron chi connectivity index (χ3n) is 3.50. The van der Waals surface area contributed by atoms with E-state index < -0.39 is 10.0 Å². The maximum Gasteiger partial charge on any atom is 0.239 e. The highest BCUT2D eigenvalue weighted by molar-refractivity contribution is 7.89. The normalized spacial score (nSPS) is 18.7. The molecule has 0 saturated carbocycles. The molecule has 7 nitrogen and oxygen atoms in total. The minimum Gasteiger partial charge on any atom is -0.325 e. The molecule has 0 bridgehead atoms. The quantitative estimate of drug-likeness (QED) is 0.881. The zero-order valence-corrected chi connectivity index (χ0v) is 12.2. The van der Waals surface area contributed by atoms with E-state index in [1.54, 1.807) is 18.3 Å². The monoisotopic (exact) mass is 308 g/mol. The second-order valence-electron chi connectivity index (χ2n) is 5.08. The van der Waals surface area contributed by atoms with Gasteiger partial charge in [0.25, 0.3) is 0 Å². The summed E-state index contributed by atoms with van der Waals surface area (Å²) in [5.74, 6) is -0.209. The summed E-state index contributed by atoms with van der Waals surface area (Å²) >= 11 is 0. The largest absolute Gasteiger partial charge is 0.325 e. The lowest BCUT2D eigenvalue weighted by atomic mass is 10.2. The van der Waals surface area contributed by atoms with Gasteiger partial charge in [0, 0.05) is 17.6 Å². The van der Waals surface area contributed by atoms with Crippen LogP contribution in [-0.2, 0) is 14.8 Å². The molecular weight excluding hydrogens is 292 g/mol. The van der Waals surface area contributed by atoms with E-state index in [9.17, 15) is 13.2 Å². The summed E-state index contributed by atoms with van der Waals surface area (Å²) in [6, 6.07) is 5.37. The number of nitrogens with one attached hydrogen (secondary N) is 2. The van der Waals surface area contributed by atoms with Crippen LogP contribution in [-0.4, -0.2) is 47.7 Å². The van der Waals surface area contributed by atoms with Gasteiger partial charge in [-0.05, 0) is 31.0 Å². The molecule has 0 spiro atoms. The average molecular weight is 308 g/mol. The Labute approximate surface area is 122 Å². The Hall–Kier alpha value is -1.93. The number of sulfonamides is 1. The van der Waals surface area contributed by atoms with E-state index >= 15 is 0 Å². The van der Waals surface area contributed by atoms with Crippen molar-refractivity contribution in [2.75, 3.05) is 24.2 Å². The van der Waals surface area contributed by atoms with Gasteiger partial charge < -0.3 is 5.32 Å². The van der Waals surface area contributed by atoms with E-state index in [1.807, 2.05) is 6.07 Å². The van der Waals surface area contributed by atoms with Gasteiger partial charge in [0.05, 0.1) is 24.0 Å². The Bertz CT molecular complexity index is 769. The molecule has 1 aliphatic heterocycles. The van der Waals surface area contributed by atoms with Crippen LogP contribution in [0.25, 0.3) is 10.9 Å². The number of benzene rings is 1. The SMILES string of the molecule is O=C(CN1CCCCS1(=O)=O)Nc1ccc2cn[nH]c2c1. The highest BCUT2D eigenvalue weighted by Gasteiger charge is 2.27. The zero-order chi connectivity index (χ0) is 14.9. The number of nitrogens with zero attached hydrogens (tertiary/aromatic N) is 2. The Balaban J connectivity index is 1.68. The smallest absolute Gasteiger partial charge is 0.239 e. The van der Waals surface area contributed by atoms with Gasteiger partial charge in [-0.1, -0.05) is 0 Å². The summed E-state index contributed by atoms with van der Waals surface area (Å²) in [5, 5.41) is 10.4. The van der Waals surface area contributed by atoms with E-state index in [0.717, 1.165) is 17.3 Å². The highest BCUT2D eigenvalue weighted by Crippen LogP contribution is 2.17. The molecule has 2 N–H and O–H groups in total. The molecule has 3 rings (SSSR count). The van der Waals surface area contributed by atoms with Crippen LogP contribution in [0.2, 0.25) is 0 Å². The zero-order valence-electron chi connectivity index (χ0n) is 11.4. The number of anilines is 1. The summed E-state index contributed by atoms with van der Waals surface area (Å²) < 4.78 is 24.9. The maximum atomic E-state index is 12.0. The third kappa shape index (κ3) is 3.06. The summed E-state index contributed by atoms with van der Waals surface area (Å²) in [7, 11) is -3.28. The first kappa shape index (κ1) is 14.0. The van der Waals surface area contributed by atoms with Crippen molar-refractivity contribution in [3.8, 4) is 0 Å². The maximum absolute atomic E-state index is 12.0. The van der Waals surface area contributed by atoms with E-state index in [2.05, 4.69) is 15.5 Å². The molecule has 21 heavy (non-hydrogen) atoms. The molecule has 0 aliphatic carbocycles. The van der Waals surface area contributed by atoms with Crippen LogP contribution in [0.15, 0.2) is 24.4 Å². The van der Waals surface area contributed by atoms with Crippen LogP contribution >= 0.6 is 0 Å². The molecule has 2 aromatic rings. The standard InChI is InChI=1S/C13H16N4O3S/c18-13(9-17-5-1-2-6-21(17,19)20)15-11-4-3-10-8-14-16-12(10)7-11/h3-4,7-8H,1-2,5-6,9H2,(H,14,16)(H,15,18). The molecule has 8 heteroatoms. The molecule has 1 aliphatic rings. The minimum atomic E-state index is -3.28. The molecule has 112 valence electrons. The fourth-order valence-corrected chi connectivity index (χ4v) is 3.94. The second kappa shape index (κ2) is 5.45. The lowest BCUT2D eigenvalue weighted by Gasteiger charge is -2.25. The van der Waals surface area contributed by atoms with E-state index in [0.29, 0.717) is 18.7 Å². The van der Waals surface area contributed by atoms with Crippen LogP contribution in [0.4, 0.5) is 5.69 Å². The van der Waals surface area contributed by atoms with Gasteiger partial charge in [-0.15, -0.1) is 0 Å². The second-order valence-corrected chi connectivity index (χ2v) is 7.17. The Morgan fingerprint density at radius 3 is 3.05 bits per heavy atom. The Morgan fingerprint density at radius 2 is 2.24 bits per heavy atom. The number of carbonyl (C=O) groups excluding carboxylic acids is 1. The molecule has 1 aromatic carbocycles. The average Bonchev–Trinajstić information content (AvgIpc) is 2.88. The molecule has 0 radical (unpaired) electrons. The number of hydrogen-bond donors (Lipinski definition) is 2. The predicted octanol–water partition coefficient (Wildman–Crippen LogP) is 0.927. The predicted molar refractivity (Wildman–Crippen MR) is 79.3 cm³/mol. The van der Waals surface area contributed by atoms with Crippen molar-refractivity contribution in [2.45, 2.75) is 12.8 Å². The number of fused-ring (bicyclic) bond motifs is 1. The lowest BCUT2D eigenvalue weighted by Crippen LogP contribution is -2.42. The van der Waals surface area contributed by atoms with E-state index in [1.165, 1.54) is 4.31 Å². The van der Waals surface area contributed by atoms with Gasteiger partial charge in [-0.2, -0.15) is 9.40 Å². The van der Waals surface area contributed by atoms with Gasteiger partial charge in [0.15, 0.2) is 0 Å². The summed E-state index contributed by atoms with van der Waals surface area (Å²) in [5.41, 5.74) is 1.43. The van der Waals surface area contributed by atoms with Crippen LogP contribution in [0.1, 0.15) is 12.8 Å². The van der Waals surface area contributed by atoms with E-state index in [-0.39, 0.29) is 18.2 Å². The van der Waals surface area contributed by atoms with Crippen molar-refractivity contribution in [1.29, 1.82) is 0 Å². The molecule has 1 amide bonds. The van der Waals surface area contributed by atoms with Crippen LogP contribution in [0, 0.1) is 0 Å². The number of amides is 1. The van der Waals surface area contributed by atoms with Crippen LogP contribution in [0.5, 0.6) is 0 Å². The Morgan fingerprint density at radius 1 is 1.38 bits per heavy atom. The highest BCUT2D eigenvalue weighted by atomic mass is 32.2. The lowest BCUT2D eigenvalue weighted by molar-refractivity contribution is -0.116. The fraction of sp³-hybridized carbons (Fsp3) is 0.385. The van der Waals surface area contributed by atoms with Gasteiger partial charge in [0.1, 0.15) is 0 Å². The van der Waals surface area contributed by atoms with Gasteiger partial charge in [-0.3, -0.25) is 9.89 Å². The van der Waals surface area contributed by atoms with Crippen molar-refractivity contribution in [3.05, 3.63) is 24.4 Å². The summed E-state index contributed by atoms with van der Waals surface area (Å²) in [6.45, 7) is 0.276. The van der Waals surface area contributed by atoms with Crippen LogP contribution < -0.4 is 5.32 Å². The van der Waals surface area contributed by atoms with E-state index in [4.69, 9.17) is 0 Å². The number of aromatic nitrogens is 2. The molecule has 1 fully saturated rings. The summed E-state index contributed by atoms with van der Waals surface area (Å²) in [6.07, 6.45) is 3.16. The number of hydrogen-bond acceptors (Lipinski definition) is 4. The van der Waals surface area contributed by atoms with Crippen molar-refractivity contribution >= 4 is 32.5 Å². The van der Waals surface area contributed by atoms with Crippen LogP contribution in [0.3, 0.4) is 0 Å². The molecule has 2 heterocycles. The number of H-pyrrole nitrogens is 1. The van der Waals surface area contributed by atoms with Crippen molar-refractivity contribution in [1.82, 2.24) is 14.5 Å². The first-order valence-electron chi connectivity index (χ1n) is 6.75. The third-order valence-corrected chi connectivity index (χ3v) is 5.40. The Kier molecular flexibility index (Phi) is 3.64. The van der Waals surface area contributed by atoms with Crippen molar-refractivity contribution < 1.29 is 13.2 Å². The first-order chi connectivity index (χ1) is 10.0. The van der Waals surface area contributed by atoms with Gasteiger partial charge in [-0.25, -0.2) is 8.42 Å². The molecule has 1 saturated heterocycles. The summed E-state index contributed by atoms with van der Waals surface area (Å²) in [4.78, 5) is 12.0. The molecule has 0 unspecified atom stereocenters. The van der Waals surface area contributed by atoms with Gasteiger partial charge >= 0.3 is 0 Å². The fourth-order valence-electron chi connectivity index (χ4n) is 2.39. The molecule has 0 atom stereocenters. The number of carbonyl (C=O) groups is 1. The number of rotatable bonds is 3. The van der Waals surface area contributed by atoms with Gasteiger partial charge in [0.2, 0.25) is 15.9 Å². The minimum absolute atomic E-state index is 0.125. The first-order valence-corrected chi connectivity index (χ1v) is 8.36. The number of aromatic amines is 1.